The molecule has 1 atom stereocenters. The van der Waals surface area contributed by atoms with Crippen molar-refractivity contribution in [1.82, 2.24) is 20.1 Å². The summed E-state index contributed by atoms with van der Waals surface area (Å²) in [4.78, 5) is 13.1. The Labute approximate surface area is 132 Å². The van der Waals surface area contributed by atoms with Gasteiger partial charge in [0, 0.05) is 30.7 Å². The van der Waals surface area contributed by atoms with Crippen LogP contribution >= 0.6 is 11.8 Å². The molecule has 116 valence electrons. The molecule has 8 heteroatoms. The number of nitrogens with zero attached hydrogens (tertiary/aromatic N) is 3. The molecule has 0 aliphatic carbocycles. The van der Waals surface area contributed by atoms with Crippen LogP contribution in [0.25, 0.3) is 0 Å². The van der Waals surface area contributed by atoms with E-state index in [1.807, 2.05) is 35.9 Å². The number of carbonyl (C=O) groups is 1. The summed E-state index contributed by atoms with van der Waals surface area (Å²) in [6.45, 7) is 1.90. The van der Waals surface area contributed by atoms with Gasteiger partial charge in [-0.2, -0.15) is 0 Å². The molecule has 0 saturated carbocycles. The Morgan fingerprint density at radius 2 is 2.27 bits per heavy atom. The van der Waals surface area contributed by atoms with Gasteiger partial charge in [0.2, 0.25) is 0 Å². The summed E-state index contributed by atoms with van der Waals surface area (Å²) < 4.78 is 7.28. The molecule has 1 fully saturated rings. The van der Waals surface area contributed by atoms with Gasteiger partial charge in [-0.3, -0.25) is 4.79 Å². The smallest absolute Gasteiger partial charge is 0.254 e. The van der Waals surface area contributed by atoms with Crippen molar-refractivity contribution in [3.63, 3.8) is 0 Å². The van der Waals surface area contributed by atoms with E-state index in [0.717, 1.165) is 22.3 Å². The molecule has 0 bridgehead atoms. The number of carbonyl (C=O) groups excluding carboxylic acids is 1. The van der Waals surface area contributed by atoms with Crippen molar-refractivity contribution in [1.29, 1.82) is 0 Å². The number of ether oxygens (including phenoxy) is 1. The highest BCUT2D eigenvalue weighted by atomic mass is 32.2. The van der Waals surface area contributed by atoms with Crippen molar-refractivity contribution in [2.45, 2.75) is 16.2 Å². The van der Waals surface area contributed by atoms with Crippen LogP contribution in [0.2, 0.25) is 0 Å². The van der Waals surface area contributed by atoms with Gasteiger partial charge in [0.05, 0.1) is 6.61 Å². The maximum Gasteiger partial charge on any atom is 0.254 e. The van der Waals surface area contributed by atoms with Gasteiger partial charge in [-0.05, 0) is 36.0 Å². The average molecular weight is 319 g/mol. The first-order valence-electron chi connectivity index (χ1n) is 6.97. The number of aryl methyl sites for hydroxylation is 1. The highest BCUT2D eigenvalue weighted by Crippen LogP contribution is 2.26. The molecule has 2 N–H and O–H groups in total. The zero-order valence-corrected chi connectivity index (χ0v) is 13.0. The molecule has 7 nitrogen and oxygen atoms in total. The van der Waals surface area contributed by atoms with E-state index in [4.69, 9.17) is 4.74 Å². The van der Waals surface area contributed by atoms with Gasteiger partial charge < -0.3 is 19.9 Å². The average Bonchev–Trinajstić information content (AvgIpc) is 2.95. The lowest BCUT2D eigenvalue weighted by Crippen LogP contribution is -2.45. The minimum atomic E-state index is -0.429. The van der Waals surface area contributed by atoms with E-state index in [9.17, 15) is 4.79 Å². The summed E-state index contributed by atoms with van der Waals surface area (Å²) >= 11 is 1.52. The maximum absolute atomic E-state index is 12.1. The van der Waals surface area contributed by atoms with Gasteiger partial charge >= 0.3 is 0 Å². The van der Waals surface area contributed by atoms with E-state index in [1.165, 1.54) is 11.8 Å². The Bertz CT molecular complexity index is 637. The number of rotatable bonds is 4. The Balaban J connectivity index is 1.59. The number of amides is 1. The van der Waals surface area contributed by atoms with Crippen LogP contribution in [-0.2, 0) is 16.6 Å². The number of nitrogens with one attached hydrogen (secondary N) is 2. The van der Waals surface area contributed by atoms with Gasteiger partial charge in [0.15, 0.2) is 5.16 Å². The van der Waals surface area contributed by atoms with Crippen LogP contribution in [0.5, 0.6) is 0 Å². The number of hydrogen-bond acceptors (Lipinski definition) is 6. The molecule has 1 aliphatic rings. The normalized spacial score (nSPS) is 18.1. The Morgan fingerprint density at radius 3 is 2.91 bits per heavy atom. The molecular formula is C14H17N5O2S. The molecule has 22 heavy (non-hydrogen) atoms. The molecule has 3 rings (SSSR count). The third-order valence-electron chi connectivity index (χ3n) is 3.22. The summed E-state index contributed by atoms with van der Waals surface area (Å²) in [5.74, 6) is -0.124. The van der Waals surface area contributed by atoms with Crippen LogP contribution < -0.4 is 10.6 Å². The first kappa shape index (κ1) is 15.0. The predicted octanol–water partition coefficient (Wildman–Crippen LogP) is 0.893. The summed E-state index contributed by atoms with van der Waals surface area (Å²) in [7, 11) is 1.90. The van der Waals surface area contributed by atoms with Crippen molar-refractivity contribution >= 4 is 23.4 Å². The maximum atomic E-state index is 12.1. The van der Waals surface area contributed by atoms with Crippen LogP contribution in [-0.4, -0.2) is 46.5 Å². The number of hydrogen-bond donors (Lipinski definition) is 2. The van der Waals surface area contributed by atoms with Gasteiger partial charge in [-0.25, -0.2) is 0 Å². The largest absolute Gasteiger partial charge is 0.366 e. The number of anilines is 1. The highest BCUT2D eigenvalue weighted by molar-refractivity contribution is 7.99. The fourth-order valence-corrected chi connectivity index (χ4v) is 2.80. The molecule has 0 spiro atoms. The minimum Gasteiger partial charge on any atom is -0.366 e. The Kier molecular flexibility index (Phi) is 4.71. The lowest BCUT2D eigenvalue weighted by Gasteiger charge is -2.22. The standard InChI is InChI=1S/C14H17N5O2S/c1-19-9-16-18-14(19)22-11-4-2-10(3-5-11)17-13(20)12-8-15-6-7-21-12/h2-5,9,12,15H,6-8H2,1H3,(H,17,20). The Hall–Kier alpha value is -1.90. The van der Waals surface area contributed by atoms with Crippen LogP contribution in [0.15, 0.2) is 40.6 Å². The van der Waals surface area contributed by atoms with E-state index in [0.29, 0.717) is 13.2 Å². The number of aromatic nitrogens is 3. The second-order valence-electron chi connectivity index (χ2n) is 4.90. The van der Waals surface area contributed by atoms with Gasteiger partial charge in [-0.1, -0.05) is 0 Å². The van der Waals surface area contributed by atoms with Crippen molar-refractivity contribution in [2.75, 3.05) is 25.0 Å². The summed E-state index contributed by atoms with van der Waals surface area (Å²) in [5, 5.41) is 14.7. The zero-order valence-electron chi connectivity index (χ0n) is 12.2. The molecular weight excluding hydrogens is 302 g/mol. The summed E-state index contributed by atoms with van der Waals surface area (Å²) in [6, 6.07) is 7.61. The van der Waals surface area contributed by atoms with E-state index in [1.54, 1.807) is 6.33 Å². The van der Waals surface area contributed by atoms with Gasteiger partial charge in [-0.15, -0.1) is 10.2 Å². The van der Waals surface area contributed by atoms with Crippen molar-refractivity contribution in [2.24, 2.45) is 7.05 Å². The monoisotopic (exact) mass is 319 g/mol. The first-order valence-corrected chi connectivity index (χ1v) is 7.79. The molecule has 2 aromatic rings. The molecule has 1 aromatic carbocycles. The van der Waals surface area contributed by atoms with Gasteiger partial charge in [0.1, 0.15) is 12.4 Å². The lowest BCUT2D eigenvalue weighted by molar-refractivity contribution is -0.128. The lowest BCUT2D eigenvalue weighted by atomic mass is 10.2. The summed E-state index contributed by atoms with van der Waals surface area (Å²) in [6.07, 6.45) is 1.23. The zero-order chi connectivity index (χ0) is 15.4. The van der Waals surface area contributed by atoms with Crippen molar-refractivity contribution in [3.8, 4) is 0 Å². The summed E-state index contributed by atoms with van der Waals surface area (Å²) in [5.41, 5.74) is 0.751. The predicted molar refractivity (Wildman–Crippen MR) is 82.8 cm³/mol. The number of morpholine rings is 1. The van der Waals surface area contributed by atoms with E-state index < -0.39 is 6.10 Å². The van der Waals surface area contributed by atoms with Gasteiger partial charge in [0.25, 0.3) is 5.91 Å². The van der Waals surface area contributed by atoms with Crippen LogP contribution in [0.4, 0.5) is 5.69 Å². The topological polar surface area (TPSA) is 81.1 Å². The molecule has 1 unspecified atom stereocenters. The molecule has 2 heterocycles. The number of benzene rings is 1. The van der Waals surface area contributed by atoms with Crippen LogP contribution in [0.1, 0.15) is 0 Å². The highest BCUT2D eigenvalue weighted by Gasteiger charge is 2.21. The quantitative estimate of drug-likeness (QED) is 0.871. The SMILES string of the molecule is Cn1cnnc1Sc1ccc(NC(=O)C2CNCCO2)cc1. The first-order chi connectivity index (χ1) is 10.7. The molecule has 0 radical (unpaired) electrons. The fraction of sp³-hybridized carbons (Fsp3) is 0.357. The second kappa shape index (κ2) is 6.91. The molecule has 1 aromatic heterocycles. The third-order valence-corrected chi connectivity index (χ3v) is 4.28. The molecule has 1 amide bonds. The minimum absolute atomic E-state index is 0.124. The van der Waals surface area contributed by atoms with Crippen LogP contribution in [0, 0.1) is 0 Å². The fourth-order valence-electron chi connectivity index (χ4n) is 2.03. The third kappa shape index (κ3) is 3.65. The second-order valence-corrected chi connectivity index (χ2v) is 5.94. The van der Waals surface area contributed by atoms with E-state index in [-0.39, 0.29) is 5.91 Å². The van der Waals surface area contributed by atoms with E-state index in [2.05, 4.69) is 20.8 Å². The van der Waals surface area contributed by atoms with Crippen molar-refractivity contribution in [3.05, 3.63) is 30.6 Å². The van der Waals surface area contributed by atoms with Crippen molar-refractivity contribution < 1.29 is 9.53 Å². The van der Waals surface area contributed by atoms with Crippen LogP contribution in [0.3, 0.4) is 0 Å². The Morgan fingerprint density at radius 1 is 1.45 bits per heavy atom. The van der Waals surface area contributed by atoms with E-state index >= 15 is 0 Å². The molecule has 1 aliphatic heterocycles. The molecule has 1 saturated heterocycles.